The third kappa shape index (κ3) is 4.04. The van der Waals surface area contributed by atoms with Gasteiger partial charge in [0.1, 0.15) is 29.8 Å². The zero-order valence-corrected chi connectivity index (χ0v) is 16.1. The summed E-state index contributed by atoms with van der Waals surface area (Å²) in [6, 6.07) is -1.15. The Hall–Kier alpha value is -1.63. The number of carbonyl (C=O) groups excluding carboxylic acids is 3. The highest BCUT2D eigenvalue weighted by molar-refractivity contribution is 6.18. The molecule has 0 aromatic carbocycles. The first-order chi connectivity index (χ1) is 13.1. The molecule has 2 aliphatic rings. The number of hydrogen-bond donors (Lipinski definition) is 5. The van der Waals surface area contributed by atoms with E-state index in [0.717, 1.165) is 0 Å². The predicted octanol–water partition coefficient (Wildman–Crippen LogP) is -1.37. The average Bonchev–Trinajstić information content (AvgIpc) is 2.65. The lowest BCUT2D eigenvalue weighted by atomic mass is 9.76. The molecule has 2 fully saturated rings. The summed E-state index contributed by atoms with van der Waals surface area (Å²) in [5.41, 5.74) is -1.52. The summed E-state index contributed by atoms with van der Waals surface area (Å²) >= 11 is 0. The second kappa shape index (κ2) is 8.80. The van der Waals surface area contributed by atoms with E-state index in [2.05, 4.69) is 5.32 Å². The van der Waals surface area contributed by atoms with Crippen LogP contribution in [0.25, 0.3) is 0 Å². The molecule has 0 bridgehead atoms. The van der Waals surface area contributed by atoms with E-state index in [9.17, 15) is 34.8 Å². The lowest BCUT2D eigenvalue weighted by Gasteiger charge is -2.43. The molecule has 2 heterocycles. The minimum atomic E-state index is -1.80. The summed E-state index contributed by atoms with van der Waals surface area (Å²) in [6.07, 6.45) is -7.30. The van der Waals surface area contributed by atoms with Crippen molar-refractivity contribution in [1.29, 1.82) is 0 Å². The van der Waals surface area contributed by atoms with Gasteiger partial charge in [0.05, 0.1) is 6.61 Å². The number of imide groups is 2. The minimum Gasteiger partial charge on any atom is -0.394 e. The third-order valence-corrected chi connectivity index (χ3v) is 5.24. The third-order valence-electron chi connectivity index (χ3n) is 5.24. The zero-order valence-electron chi connectivity index (χ0n) is 16.1. The maximum atomic E-state index is 13.0. The van der Waals surface area contributed by atoms with Crippen molar-refractivity contribution in [2.45, 2.75) is 70.7 Å². The fraction of sp³-hybridized carbons (Fsp3) is 0.824. The van der Waals surface area contributed by atoms with Crippen molar-refractivity contribution in [1.82, 2.24) is 10.4 Å². The molecule has 0 spiro atoms. The van der Waals surface area contributed by atoms with Crippen LogP contribution in [-0.4, -0.2) is 80.6 Å². The lowest BCUT2D eigenvalue weighted by molar-refractivity contribution is -0.344. The van der Waals surface area contributed by atoms with Gasteiger partial charge < -0.3 is 25.2 Å². The van der Waals surface area contributed by atoms with Crippen LogP contribution in [0.4, 0.5) is 4.79 Å². The Morgan fingerprint density at radius 3 is 2.36 bits per heavy atom. The second-order valence-corrected chi connectivity index (χ2v) is 7.53. The summed E-state index contributed by atoms with van der Waals surface area (Å²) < 4.78 is 5.17. The number of aliphatic hydroxyl groups is 4. The van der Waals surface area contributed by atoms with Crippen LogP contribution in [0.5, 0.6) is 0 Å². The van der Waals surface area contributed by atoms with E-state index in [1.807, 2.05) is 13.8 Å². The average molecular weight is 404 g/mol. The molecule has 0 aromatic rings. The fourth-order valence-corrected chi connectivity index (χ4v) is 3.25. The first-order valence-corrected chi connectivity index (χ1v) is 9.26. The number of nitrogens with zero attached hydrogens (tertiary/aromatic N) is 1. The van der Waals surface area contributed by atoms with Gasteiger partial charge in [-0.25, -0.2) is 9.63 Å². The Labute approximate surface area is 162 Å². The van der Waals surface area contributed by atoms with Crippen molar-refractivity contribution in [3.8, 4) is 0 Å². The molecular formula is C17H28N2O9. The smallest absolute Gasteiger partial charge is 0.355 e. The van der Waals surface area contributed by atoms with Gasteiger partial charge >= 0.3 is 6.03 Å². The number of ether oxygens (including phenoxy) is 1. The molecule has 5 N–H and O–H groups in total. The van der Waals surface area contributed by atoms with Gasteiger partial charge in [0, 0.05) is 0 Å². The van der Waals surface area contributed by atoms with Gasteiger partial charge in [-0.05, 0) is 25.2 Å². The zero-order chi connectivity index (χ0) is 21.2. The highest BCUT2D eigenvalue weighted by atomic mass is 16.8. The van der Waals surface area contributed by atoms with Crippen LogP contribution < -0.4 is 5.32 Å². The quantitative estimate of drug-likeness (QED) is 0.322. The first-order valence-electron chi connectivity index (χ1n) is 9.26. The van der Waals surface area contributed by atoms with Gasteiger partial charge in [0.15, 0.2) is 0 Å². The summed E-state index contributed by atoms with van der Waals surface area (Å²) in [5, 5.41) is 41.3. The van der Waals surface area contributed by atoms with E-state index in [0.29, 0.717) is 11.5 Å². The Kier molecular flexibility index (Phi) is 7.12. The van der Waals surface area contributed by atoms with Crippen molar-refractivity contribution in [2.24, 2.45) is 11.3 Å². The number of amides is 4. The Bertz CT molecular complexity index is 611. The van der Waals surface area contributed by atoms with Gasteiger partial charge in [0.2, 0.25) is 12.2 Å². The van der Waals surface area contributed by atoms with Crippen molar-refractivity contribution >= 4 is 17.8 Å². The minimum absolute atomic E-state index is 0.117. The van der Waals surface area contributed by atoms with E-state index in [1.54, 1.807) is 6.92 Å². The van der Waals surface area contributed by atoms with Crippen LogP contribution in [0.3, 0.4) is 0 Å². The van der Waals surface area contributed by atoms with Gasteiger partial charge in [-0.1, -0.05) is 20.8 Å². The van der Waals surface area contributed by atoms with E-state index >= 15 is 0 Å². The molecule has 1 unspecified atom stereocenters. The normalized spacial score (nSPS) is 36.8. The van der Waals surface area contributed by atoms with Crippen LogP contribution in [-0.2, 0) is 19.2 Å². The standard InChI is InChI=1S/C17H28N2O9/c1-4-17(6-5-8(2)3)14(24)18-16(26)19(15(17)25)28-13-12(23)11(22)10(21)9(7-20)27-13/h8-13,20-23H,4-7H2,1-3H3,(H,18,24,26)/t9-,10-,11+,12-,13+,17?/m1/s1. The number of carbonyl (C=O) groups is 3. The molecular weight excluding hydrogens is 376 g/mol. The highest BCUT2D eigenvalue weighted by Crippen LogP contribution is 2.36. The Morgan fingerprint density at radius 1 is 1.18 bits per heavy atom. The number of hydrogen-bond acceptors (Lipinski definition) is 9. The predicted molar refractivity (Wildman–Crippen MR) is 92.0 cm³/mol. The Balaban J connectivity index is 2.25. The SMILES string of the molecule is CCC1(CCC(C)C)C(=O)NC(=O)N(O[C@@H]2O[C@H](CO)[C@@H](O)[C@H](O)[C@H]2O)C1=O. The summed E-state index contributed by atoms with van der Waals surface area (Å²) in [7, 11) is 0. The summed E-state index contributed by atoms with van der Waals surface area (Å²) in [5.74, 6) is -1.41. The fourth-order valence-electron chi connectivity index (χ4n) is 3.25. The van der Waals surface area contributed by atoms with E-state index in [1.165, 1.54) is 0 Å². The summed E-state index contributed by atoms with van der Waals surface area (Å²) in [6.45, 7) is 4.81. The van der Waals surface area contributed by atoms with Crippen LogP contribution in [0.2, 0.25) is 0 Å². The number of nitrogens with one attached hydrogen (secondary N) is 1. The number of aliphatic hydroxyl groups excluding tert-OH is 4. The Morgan fingerprint density at radius 2 is 1.82 bits per heavy atom. The molecule has 6 atom stereocenters. The molecule has 160 valence electrons. The molecule has 0 aromatic heterocycles. The van der Waals surface area contributed by atoms with Crippen molar-refractivity contribution in [2.75, 3.05) is 6.61 Å². The van der Waals surface area contributed by atoms with Crippen molar-refractivity contribution < 1.29 is 44.4 Å². The van der Waals surface area contributed by atoms with Crippen molar-refractivity contribution in [3.05, 3.63) is 0 Å². The number of urea groups is 1. The maximum Gasteiger partial charge on any atom is 0.355 e. The number of barbiturate groups is 1. The van der Waals surface area contributed by atoms with E-state index in [-0.39, 0.29) is 18.8 Å². The number of hydroxylamine groups is 2. The largest absolute Gasteiger partial charge is 0.394 e. The van der Waals surface area contributed by atoms with Gasteiger partial charge in [-0.2, -0.15) is 0 Å². The lowest BCUT2D eigenvalue weighted by Crippen LogP contribution is -2.66. The van der Waals surface area contributed by atoms with Crippen LogP contribution in [0, 0.1) is 11.3 Å². The molecule has 28 heavy (non-hydrogen) atoms. The molecule has 0 radical (unpaired) electrons. The molecule has 2 rings (SSSR count). The van der Waals surface area contributed by atoms with Gasteiger partial charge in [0.25, 0.3) is 5.91 Å². The van der Waals surface area contributed by atoms with Crippen molar-refractivity contribution in [3.63, 3.8) is 0 Å². The first kappa shape index (κ1) is 22.7. The molecule has 11 heteroatoms. The topological polar surface area (TPSA) is 166 Å². The molecule has 0 aliphatic carbocycles. The molecule has 4 amide bonds. The van der Waals surface area contributed by atoms with E-state index in [4.69, 9.17) is 9.57 Å². The number of rotatable bonds is 7. The van der Waals surface area contributed by atoms with E-state index < -0.39 is 60.6 Å². The van der Waals surface area contributed by atoms with Crippen LogP contribution in [0.15, 0.2) is 0 Å². The van der Waals surface area contributed by atoms with Gasteiger partial charge in [-0.15, -0.1) is 5.06 Å². The molecule has 2 saturated heterocycles. The maximum absolute atomic E-state index is 13.0. The second-order valence-electron chi connectivity index (χ2n) is 7.53. The molecule has 11 nitrogen and oxygen atoms in total. The molecule has 0 saturated carbocycles. The van der Waals surface area contributed by atoms with Crippen LogP contribution >= 0.6 is 0 Å². The molecule has 2 aliphatic heterocycles. The monoisotopic (exact) mass is 404 g/mol. The highest BCUT2D eigenvalue weighted by Gasteiger charge is 2.55. The summed E-state index contributed by atoms with van der Waals surface area (Å²) in [4.78, 5) is 42.8. The van der Waals surface area contributed by atoms with Gasteiger partial charge in [-0.3, -0.25) is 14.9 Å². The van der Waals surface area contributed by atoms with Crippen LogP contribution in [0.1, 0.15) is 40.0 Å².